The lowest BCUT2D eigenvalue weighted by atomic mass is 10.1. The van der Waals surface area contributed by atoms with Gasteiger partial charge in [0.15, 0.2) is 0 Å². The molecule has 0 bridgehead atoms. The lowest BCUT2D eigenvalue weighted by molar-refractivity contribution is 1.01. The van der Waals surface area contributed by atoms with Gasteiger partial charge in [0.1, 0.15) is 0 Å². The number of rotatable bonds is 7. The van der Waals surface area contributed by atoms with Crippen molar-refractivity contribution in [3.05, 3.63) is 108 Å². The lowest BCUT2D eigenvalue weighted by Gasteiger charge is -2.06. The first-order chi connectivity index (χ1) is 13.9. The fourth-order valence-electron chi connectivity index (χ4n) is 2.90. The molecule has 0 fully saturated rings. The molecule has 0 aliphatic rings. The van der Waals surface area contributed by atoms with E-state index in [-0.39, 0.29) is 0 Å². The zero-order valence-electron chi connectivity index (χ0n) is 15.3. The molecule has 6 heteroatoms. The van der Waals surface area contributed by atoms with E-state index in [1.807, 2.05) is 72.8 Å². The molecule has 2 aromatic heterocycles. The number of hydrogen-bond acceptors (Lipinski definition) is 4. The second-order valence-electron chi connectivity index (χ2n) is 6.34. The van der Waals surface area contributed by atoms with E-state index in [1.54, 1.807) is 12.4 Å². The number of nitrogens with zero attached hydrogens (tertiary/aromatic N) is 4. The number of aromatic nitrogens is 4. The van der Waals surface area contributed by atoms with Crippen molar-refractivity contribution < 1.29 is 0 Å². The van der Waals surface area contributed by atoms with Crippen LogP contribution in [0.4, 0.5) is 0 Å². The molecule has 0 atom stereocenters. The first-order valence-electron chi connectivity index (χ1n) is 9.09. The minimum atomic E-state index is 0.625. The summed E-state index contributed by atoms with van der Waals surface area (Å²) < 4.78 is 0. The van der Waals surface area contributed by atoms with Gasteiger partial charge in [0.25, 0.3) is 0 Å². The molecule has 2 aromatic carbocycles. The summed E-state index contributed by atoms with van der Waals surface area (Å²) in [6.07, 6.45) is 4.74. The fraction of sp³-hybridized carbons (Fsp3) is 0.0909. The number of H-pyrrole nitrogens is 2. The number of nitrogens with one attached hydrogen (secondary N) is 2. The van der Waals surface area contributed by atoms with Crippen LogP contribution in [0.3, 0.4) is 0 Å². The summed E-state index contributed by atoms with van der Waals surface area (Å²) >= 11 is 0. The van der Waals surface area contributed by atoms with Gasteiger partial charge in [-0.3, -0.25) is 10.2 Å². The Kier molecular flexibility index (Phi) is 5.49. The van der Waals surface area contributed by atoms with Gasteiger partial charge in [0.05, 0.1) is 11.4 Å². The third-order valence-electron chi connectivity index (χ3n) is 4.34. The van der Waals surface area contributed by atoms with Crippen LogP contribution >= 0.6 is 0 Å². The lowest BCUT2D eigenvalue weighted by Crippen LogP contribution is -2.08. The van der Waals surface area contributed by atoms with Gasteiger partial charge in [-0.25, -0.2) is 0 Å². The van der Waals surface area contributed by atoms with Crippen LogP contribution in [0.15, 0.2) is 95.4 Å². The molecule has 0 aliphatic heterocycles. The SMILES string of the molecule is c1ccc(/C(Cc2ccn[nH]2)=N\N=C(\Cc2ccn[nH]2)c2ccccc2)cc1. The molecular weight excluding hydrogens is 348 g/mol. The Balaban J connectivity index is 1.71. The number of aromatic amines is 2. The molecule has 0 spiro atoms. The molecule has 0 unspecified atom stereocenters. The highest BCUT2D eigenvalue weighted by molar-refractivity contribution is 6.04. The molecule has 2 N–H and O–H groups in total. The number of hydrogen-bond donors (Lipinski definition) is 2. The Bertz CT molecular complexity index is 945. The molecule has 0 radical (unpaired) electrons. The molecule has 28 heavy (non-hydrogen) atoms. The predicted molar refractivity (Wildman–Crippen MR) is 111 cm³/mol. The maximum Gasteiger partial charge on any atom is 0.0762 e. The summed E-state index contributed by atoms with van der Waals surface area (Å²) in [6.45, 7) is 0. The van der Waals surface area contributed by atoms with Crippen LogP contribution in [0, 0.1) is 0 Å². The summed E-state index contributed by atoms with van der Waals surface area (Å²) in [7, 11) is 0. The Hall–Kier alpha value is -3.80. The van der Waals surface area contributed by atoms with E-state index in [2.05, 4.69) is 30.6 Å². The molecule has 4 aromatic rings. The quantitative estimate of drug-likeness (QED) is 0.384. The molecule has 6 nitrogen and oxygen atoms in total. The summed E-state index contributed by atoms with van der Waals surface area (Å²) in [5, 5.41) is 23.4. The molecule has 0 saturated heterocycles. The van der Waals surface area contributed by atoms with Crippen molar-refractivity contribution in [3.63, 3.8) is 0 Å². The first kappa shape index (κ1) is 17.6. The molecule has 0 saturated carbocycles. The standard InChI is InChI=1S/C22H20N6/c1-3-7-17(8-4-1)21(15-19-11-13-23-25-19)27-28-22(16-20-12-14-24-26-20)18-9-5-2-6-10-18/h1-14H,15-16H2,(H,23,25)(H,24,26)/b27-21-,28-22-. The number of benzene rings is 2. The molecule has 4 rings (SSSR count). The summed E-state index contributed by atoms with van der Waals surface area (Å²) in [5.74, 6) is 0. The molecule has 2 heterocycles. The van der Waals surface area contributed by atoms with Gasteiger partial charge < -0.3 is 0 Å². The van der Waals surface area contributed by atoms with Crippen molar-refractivity contribution in [2.45, 2.75) is 12.8 Å². The van der Waals surface area contributed by atoms with E-state index in [1.165, 1.54) is 0 Å². The second-order valence-corrected chi connectivity index (χ2v) is 6.34. The highest BCUT2D eigenvalue weighted by Gasteiger charge is 2.09. The van der Waals surface area contributed by atoms with Crippen LogP contribution in [0.5, 0.6) is 0 Å². The maximum absolute atomic E-state index is 4.65. The molecular formula is C22H20N6. The van der Waals surface area contributed by atoms with Gasteiger partial charge >= 0.3 is 0 Å². The fourth-order valence-corrected chi connectivity index (χ4v) is 2.90. The van der Waals surface area contributed by atoms with Crippen molar-refractivity contribution in [1.82, 2.24) is 20.4 Å². The van der Waals surface area contributed by atoms with E-state index in [0.29, 0.717) is 12.8 Å². The zero-order valence-corrected chi connectivity index (χ0v) is 15.3. The topological polar surface area (TPSA) is 82.1 Å². The van der Waals surface area contributed by atoms with Gasteiger partial charge in [-0.05, 0) is 23.3 Å². The van der Waals surface area contributed by atoms with E-state index in [9.17, 15) is 0 Å². The molecule has 0 amide bonds. The van der Waals surface area contributed by atoms with Crippen LogP contribution in [-0.2, 0) is 12.8 Å². The van der Waals surface area contributed by atoms with Crippen molar-refractivity contribution >= 4 is 11.4 Å². The minimum Gasteiger partial charge on any atom is -0.282 e. The van der Waals surface area contributed by atoms with E-state index in [0.717, 1.165) is 33.9 Å². The van der Waals surface area contributed by atoms with Gasteiger partial charge in [-0.1, -0.05) is 60.7 Å². The van der Waals surface area contributed by atoms with Gasteiger partial charge in [-0.15, -0.1) is 0 Å². The van der Waals surface area contributed by atoms with Crippen LogP contribution in [0.2, 0.25) is 0 Å². The van der Waals surface area contributed by atoms with Gasteiger partial charge in [-0.2, -0.15) is 20.4 Å². The van der Waals surface area contributed by atoms with Crippen LogP contribution in [0.1, 0.15) is 22.5 Å². The van der Waals surface area contributed by atoms with Crippen LogP contribution in [0.25, 0.3) is 0 Å². The average molecular weight is 368 g/mol. The predicted octanol–water partition coefficient (Wildman–Crippen LogP) is 3.81. The van der Waals surface area contributed by atoms with Crippen molar-refractivity contribution in [2.24, 2.45) is 10.2 Å². The summed E-state index contributed by atoms with van der Waals surface area (Å²) in [6, 6.07) is 24.1. The normalized spacial score (nSPS) is 12.3. The second kappa shape index (κ2) is 8.73. The molecule has 0 aliphatic carbocycles. The molecule has 138 valence electrons. The van der Waals surface area contributed by atoms with Crippen molar-refractivity contribution in [2.75, 3.05) is 0 Å². The largest absolute Gasteiger partial charge is 0.282 e. The smallest absolute Gasteiger partial charge is 0.0762 e. The highest BCUT2D eigenvalue weighted by Crippen LogP contribution is 2.11. The maximum atomic E-state index is 4.65. The summed E-state index contributed by atoms with van der Waals surface area (Å²) in [5.41, 5.74) is 5.82. The summed E-state index contributed by atoms with van der Waals surface area (Å²) in [4.78, 5) is 0. The van der Waals surface area contributed by atoms with Crippen molar-refractivity contribution in [3.8, 4) is 0 Å². The third kappa shape index (κ3) is 4.48. The van der Waals surface area contributed by atoms with E-state index >= 15 is 0 Å². The van der Waals surface area contributed by atoms with Crippen molar-refractivity contribution in [1.29, 1.82) is 0 Å². The van der Waals surface area contributed by atoms with Gasteiger partial charge in [0.2, 0.25) is 0 Å². The Morgan fingerprint density at radius 2 is 1.04 bits per heavy atom. The average Bonchev–Trinajstić information content (AvgIpc) is 3.45. The zero-order chi connectivity index (χ0) is 19.0. The minimum absolute atomic E-state index is 0.625. The van der Waals surface area contributed by atoms with E-state index in [4.69, 9.17) is 0 Å². The first-order valence-corrected chi connectivity index (χ1v) is 9.09. The Morgan fingerprint density at radius 3 is 1.39 bits per heavy atom. The Morgan fingerprint density at radius 1 is 0.607 bits per heavy atom. The van der Waals surface area contributed by atoms with E-state index < -0.39 is 0 Å². The Labute approximate surface area is 163 Å². The third-order valence-corrected chi connectivity index (χ3v) is 4.34. The monoisotopic (exact) mass is 368 g/mol. The van der Waals surface area contributed by atoms with Crippen LogP contribution in [-0.4, -0.2) is 31.8 Å². The highest BCUT2D eigenvalue weighted by atomic mass is 15.2. The van der Waals surface area contributed by atoms with Crippen LogP contribution < -0.4 is 0 Å². The van der Waals surface area contributed by atoms with Gasteiger partial charge in [0, 0.05) is 36.6 Å².